The Balaban J connectivity index is 5.79. The van der Waals surface area contributed by atoms with E-state index in [9.17, 15) is 37.8 Å². The van der Waals surface area contributed by atoms with Crippen molar-refractivity contribution in [2.24, 2.45) is 23.7 Å². The number of carbonyl (C=O) groups is 4. The van der Waals surface area contributed by atoms with Crippen LogP contribution in [-0.4, -0.2) is 96.4 Å². The normalized spacial score (nSPS) is 16.5. The van der Waals surface area contributed by atoms with E-state index in [2.05, 4.69) is 21.3 Å². The van der Waals surface area contributed by atoms with Gasteiger partial charge >= 0.3 is 6.09 Å². The van der Waals surface area contributed by atoms with E-state index in [1.54, 1.807) is 20.8 Å². The van der Waals surface area contributed by atoms with Gasteiger partial charge in [0.15, 0.2) is 0 Å². The Bertz CT molecular complexity index is 940. The van der Waals surface area contributed by atoms with Gasteiger partial charge in [-0.05, 0) is 37.0 Å². The minimum absolute atomic E-state index is 0.000813. The third kappa shape index (κ3) is 14.8. The molecule has 13 nitrogen and oxygen atoms in total. The Morgan fingerprint density at radius 1 is 0.750 bits per heavy atom. The van der Waals surface area contributed by atoms with Crippen LogP contribution in [0.25, 0.3) is 0 Å². The molecule has 7 N–H and O–H groups in total. The summed E-state index contributed by atoms with van der Waals surface area (Å²) in [5, 5.41) is 39.6. The summed E-state index contributed by atoms with van der Waals surface area (Å²) in [5.41, 5.74) is 0. The van der Waals surface area contributed by atoms with E-state index in [1.165, 1.54) is 0 Å². The lowest BCUT2D eigenvalue weighted by Crippen LogP contribution is -2.57. The average molecular weight is 595 g/mol. The van der Waals surface area contributed by atoms with Crippen LogP contribution in [0.15, 0.2) is 0 Å². The third-order valence-electron chi connectivity index (χ3n) is 6.53. The van der Waals surface area contributed by atoms with Crippen LogP contribution in [0.3, 0.4) is 0 Å². The molecule has 0 bridgehead atoms. The largest absolute Gasteiger partial charge is 0.465 e. The highest BCUT2D eigenvalue weighted by Crippen LogP contribution is 2.17. The first-order valence-electron chi connectivity index (χ1n) is 13.7. The molecule has 0 rings (SSSR count). The van der Waals surface area contributed by atoms with Crippen molar-refractivity contribution in [1.29, 1.82) is 0 Å². The summed E-state index contributed by atoms with van der Waals surface area (Å²) in [7, 11) is -3.50. The first kappa shape index (κ1) is 37.6. The summed E-state index contributed by atoms with van der Waals surface area (Å²) in [6.45, 7) is 12.1. The van der Waals surface area contributed by atoms with Crippen molar-refractivity contribution in [3.05, 3.63) is 0 Å². The van der Waals surface area contributed by atoms with E-state index in [4.69, 9.17) is 5.11 Å². The van der Waals surface area contributed by atoms with Gasteiger partial charge in [0.2, 0.25) is 17.7 Å². The minimum Gasteiger partial charge on any atom is -0.465 e. The van der Waals surface area contributed by atoms with Crippen LogP contribution in [-0.2, 0) is 24.2 Å². The number of carbonyl (C=O) groups excluding carboxylic acids is 3. The summed E-state index contributed by atoms with van der Waals surface area (Å²) in [6.07, 6.45) is -1.53. The maximum absolute atomic E-state index is 13.3. The molecule has 234 valence electrons. The Morgan fingerprint density at radius 3 is 1.73 bits per heavy atom. The standard InChI is InChI=1S/C26H50N4O9S/c1-14(2)11-19(21(32)12-17(7)23(33)29-20(13-31)15(3)4)28-24(34)18(9-10-40(8,38)39)27-25(35)22(16(5)6)30-26(36)37/h14-22,30-32H,9-13H2,1-8H3,(H,27,35)(H,28,34)(H,29,33)(H,36,37)/t17-,18+,19+,20-,21+,22+/m1/s1. The fourth-order valence-corrected chi connectivity index (χ4v) is 4.68. The van der Waals surface area contributed by atoms with Crippen LogP contribution in [0.2, 0.25) is 0 Å². The lowest BCUT2D eigenvalue weighted by atomic mass is 9.91. The van der Waals surface area contributed by atoms with Crippen LogP contribution in [0.1, 0.15) is 67.7 Å². The van der Waals surface area contributed by atoms with Gasteiger partial charge in [-0.3, -0.25) is 14.4 Å². The Labute approximate surface area is 238 Å². The highest BCUT2D eigenvalue weighted by Gasteiger charge is 2.33. The second kappa shape index (κ2) is 17.4. The van der Waals surface area contributed by atoms with Crippen molar-refractivity contribution >= 4 is 33.7 Å². The third-order valence-corrected chi connectivity index (χ3v) is 7.50. The first-order chi connectivity index (χ1) is 18.3. The molecule has 0 aromatic heterocycles. The maximum atomic E-state index is 13.3. The summed E-state index contributed by atoms with van der Waals surface area (Å²) in [4.78, 5) is 50.0. The lowest BCUT2D eigenvalue weighted by molar-refractivity contribution is -0.131. The van der Waals surface area contributed by atoms with E-state index in [0.29, 0.717) is 6.42 Å². The van der Waals surface area contributed by atoms with Gasteiger partial charge in [0, 0.05) is 12.2 Å². The van der Waals surface area contributed by atoms with Crippen molar-refractivity contribution in [3.63, 3.8) is 0 Å². The molecule has 0 heterocycles. The van der Waals surface area contributed by atoms with E-state index >= 15 is 0 Å². The van der Waals surface area contributed by atoms with Crippen molar-refractivity contribution < 1.29 is 42.9 Å². The molecule has 4 amide bonds. The summed E-state index contributed by atoms with van der Waals surface area (Å²) >= 11 is 0. The zero-order valence-electron chi connectivity index (χ0n) is 24.9. The van der Waals surface area contributed by atoms with E-state index in [-0.39, 0.29) is 37.2 Å². The van der Waals surface area contributed by atoms with Crippen molar-refractivity contribution in [1.82, 2.24) is 21.3 Å². The van der Waals surface area contributed by atoms with E-state index in [1.807, 2.05) is 27.7 Å². The Hall–Kier alpha value is -2.45. The quantitative estimate of drug-likeness (QED) is 0.116. The fourth-order valence-electron chi connectivity index (χ4n) is 4.02. The van der Waals surface area contributed by atoms with Crippen molar-refractivity contribution in [2.45, 2.75) is 98.0 Å². The number of amides is 4. The van der Waals surface area contributed by atoms with Gasteiger partial charge in [-0.15, -0.1) is 0 Å². The molecule has 0 aliphatic heterocycles. The molecule has 0 unspecified atom stereocenters. The number of rotatable bonds is 18. The second-order valence-corrected chi connectivity index (χ2v) is 13.9. The molecular formula is C26H50N4O9S. The minimum atomic E-state index is -3.50. The lowest BCUT2D eigenvalue weighted by Gasteiger charge is -2.30. The number of aliphatic hydroxyl groups excluding tert-OH is 2. The molecule has 0 aromatic carbocycles. The smallest absolute Gasteiger partial charge is 0.405 e. The van der Waals surface area contributed by atoms with Gasteiger partial charge < -0.3 is 36.6 Å². The molecule has 0 aliphatic carbocycles. The zero-order valence-corrected chi connectivity index (χ0v) is 25.7. The molecule has 0 saturated carbocycles. The molecule has 40 heavy (non-hydrogen) atoms. The molecular weight excluding hydrogens is 544 g/mol. The molecule has 6 atom stereocenters. The number of hydrogen-bond acceptors (Lipinski definition) is 8. The molecule has 0 radical (unpaired) electrons. The van der Waals surface area contributed by atoms with Crippen LogP contribution < -0.4 is 21.3 Å². The van der Waals surface area contributed by atoms with Gasteiger partial charge in [-0.1, -0.05) is 48.5 Å². The predicted octanol–water partition coefficient (Wildman–Crippen LogP) is 0.249. The maximum Gasteiger partial charge on any atom is 0.405 e. The number of aliphatic hydroxyl groups is 2. The highest BCUT2D eigenvalue weighted by atomic mass is 32.2. The van der Waals surface area contributed by atoms with E-state index < -0.39 is 75.6 Å². The van der Waals surface area contributed by atoms with Crippen molar-refractivity contribution in [2.75, 3.05) is 18.6 Å². The molecule has 0 saturated heterocycles. The van der Waals surface area contributed by atoms with E-state index in [0.717, 1.165) is 6.26 Å². The molecule has 0 aliphatic rings. The predicted molar refractivity (Wildman–Crippen MR) is 151 cm³/mol. The molecule has 0 fully saturated rings. The summed E-state index contributed by atoms with van der Waals surface area (Å²) in [5.74, 6) is -3.39. The monoisotopic (exact) mass is 594 g/mol. The first-order valence-corrected chi connectivity index (χ1v) is 15.7. The van der Waals surface area contributed by atoms with Gasteiger partial charge in [-0.25, -0.2) is 13.2 Å². The van der Waals surface area contributed by atoms with Crippen LogP contribution in [0.5, 0.6) is 0 Å². The topological polar surface area (TPSA) is 211 Å². The van der Waals surface area contributed by atoms with Crippen LogP contribution in [0.4, 0.5) is 4.79 Å². The summed E-state index contributed by atoms with van der Waals surface area (Å²) in [6, 6.07) is -3.77. The number of hydrogen-bond donors (Lipinski definition) is 7. The van der Waals surface area contributed by atoms with Gasteiger partial charge in [0.25, 0.3) is 0 Å². The van der Waals surface area contributed by atoms with Gasteiger partial charge in [-0.2, -0.15) is 0 Å². The number of carboxylic acid groups (broad SMARTS) is 1. The van der Waals surface area contributed by atoms with Crippen LogP contribution >= 0.6 is 0 Å². The number of sulfone groups is 1. The molecule has 0 spiro atoms. The summed E-state index contributed by atoms with van der Waals surface area (Å²) < 4.78 is 23.6. The van der Waals surface area contributed by atoms with Crippen molar-refractivity contribution in [3.8, 4) is 0 Å². The zero-order chi connectivity index (χ0) is 31.4. The fraction of sp³-hybridized carbons (Fsp3) is 0.846. The SMILES string of the molecule is CC(C)C[C@H](NC(=O)[C@H](CCS(C)(=O)=O)NC(=O)[C@@H](NC(=O)O)C(C)C)[C@@H](O)C[C@@H](C)C(=O)N[C@H](CO)C(C)C. The Morgan fingerprint density at radius 2 is 1.30 bits per heavy atom. The van der Waals surface area contributed by atoms with Gasteiger partial charge in [0.05, 0.1) is 30.5 Å². The molecule has 0 aromatic rings. The van der Waals surface area contributed by atoms with Crippen LogP contribution in [0, 0.1) is 23.7 Å². The second-order valence-electron chi connectivity index (χ2n) is 11.6. The number of nitrogens with one attached hydrogen (secondary N) is 4. The van der Waals surface area contributed by atoms with Gasteiger partial charge in [0.1, 0.15) is 21.9 Å². The highest BCUT2D eigenvalue weighted by molar-refractivity contribution is 7.90. The molecule has 14 heteroatoms. The average Bonchev–Trinajstić information content (AvgIpc) is 2.81. The Kier molecular flexibility index (Phi) is 16.3.